The summed E-state index contributed by atoms with van der Waals surface area (Å²) in [7, 11) is 0. The number of piperidine rings is 1. The molecule has 0 radical (unpaired) electrons. The Morgan fingerprint density at radius 1 is 1.18 bits per heavy atom. The molecule has 2 saturated heterocycles. The summed E-state index contributed by atoms with van der Waals surface area (Å²) < 4.78 is 7.26. The van der Waals surface area contributed by atoms with Gasteiger partial charge < -0.3 is 25.5 Å². The summed E-state index contributed by atoms with van der Waals surface area (Å²) in [4.78, 5) is 13.8. The molecule has 4 rings (SSSR count). The minimum atomic E-state index is -1.19. The SMILES string of the molecule is CC(C)c1nc(NN2CCCCC2)c2ncn([C@@H]3O[C@H](CO)C(O)C3O)c2n1. The van der Waals surface area contributed by atoms with E-state index in [2.05, 4.69) is 25.4 Å². The average molecular weight is 392 g/mol. The first-order valence-electron chi connectivity index (χ1n) is 9.88. The lowest BCUT2D eigenvalue weighted by molar-refractivity contribution is -0.0511. The van der Waals surface area contributed by atoms with Crippen molar-refractivity contribution in [3.05, 3.63) is 12.2 Å². The van der Waals surface area contributed by atoms with Crippen LogP contribution in [0.1, 0.15) is 51.1 Å². The summed E-state index contributed by atoms with van der Waals surface area (Å²) in [5.41, 5.74) is 4.47. The first-order valence-corrected chi connectivity index (χ1v) is 9.88. The maximum Gasteiger partial charge on any atom is 0.172 e. The number of imidazole rings is 1. The number of aromatic nitrogens is 4. The van der Waals surface area contributed by atoms with Gasteiger partial charge in [-0.2, -0.15) is 0 Å². The third kappa shape index (κ3) is 3.46. The summed E-state index contributed by atoms with van der Waals surface area (Å²) in [6.07, 6.45) is 0.935. The number of aliphatic hydroxyl groups excluding tert-OH is 3. The Bertz CT molecular complexity index is 822. The number of nitrogens with one attached hydrogen (secondary N) is 1. The van der Waals surface area contributed by atoms with Gasteiger partial charge in [0.1, 0.15) is 24.1 Å². The molecule has 28 heavy (non-hydrogen) atoms. The number of fused-ring (bicyclic) bond motifs is 1. The van der Waals surface area contributed by atoms with Crippen LogP contribution in [-0.2, 0) is 4.74 Å². The zero-order valence-corrected chi connectivity index (χ0v) is 16.2. The molecule has 10 heteroatoms. The number of rotatable bonds is 5. The standard InChI is InChI=1S/C18H28N6O4/c1-10(2)15-20-16(22-23-6-4-3-5-7-23)12-17(21-15)24(9-19-12)18-14(27)13(26)11(8-25)28-18/h9-11,13-14,18,25-27H,3-8H2,1-2H3,(H,20,21,22)/t11-,13?,14?,18-/m1/s1. The van der Waals surface area contributed by atoms with E-state index in [4.69, 9.17) is 4.74 Å². The highest BCUT2D eigenvalue weighted by Gasteiger charge is 2.44. The van der Waals surface area contributed by atoms with E-state index < -0.39 is 24.5 Å². The number of anilines is 1. The van der Waals surface area contributed by atoms with Gasteiger partial charge in [-0.15, -0.1) is 0 Å². The first kappa shape index (κ1) is 19.5. The van der Waals surface area contributed by atoms with Crippen molar-refractivity contribution >= 4 is 17.0 Å². The Kier molecular flexibility index (Phi) is 5.48. The number of hydrogen-bond acceptors (Lipinski definition) is 9. The highest BCUT2D eigenvalue weighted by atomic mass is 16.6. The third-order valence-corrected chi connectivity index (χ3v) is 5.37. The molecule has 2 aliphatic heterocycles. The molecular weight excluding hydrogens is 364 g/mol. The Morgan fingerprint density at radius 2 is 1.93 bits per heavy atom. The molecule has 4 atom stereocenters. The maximum absolute atomic E-state index is 10.4. The highest BCUT2D eigenvalue weighted by molar-refractivity contribution is 5.83. The fourth-order valence-corrected chi connectivity index (χ4v) is 3.72. The molecule has 0 saturated carbocycles. The Labute approximate surface area is 163 Å². The molecule has 154 valence electrons. The van der Waals surface area contributed by atoms with Crippen LogP contribution in [0, 0.1) is 0 Å². The van der Waals surface area contributed by atoms with Crippen LogP contribution in [0.4, 0.5) is 5.82 Å². The molecule has 10 nitrogen and oxygen atoms in total. The van der Waals surface area contributed by atoms with E-state index in [1.165, 1.54) is 12.7 Å². The second kappa shape index (κ2) is 7.88. The summed E-state index contributed by atoms with van der Waals surface area (Å²) in [6, 6.07) is 0. The Balaban J connectivity index is 1.73. The van der Waals surface area contributed by atoms with Gasteiger partial charge in [0.25, 0.3) is 0 Å². The van der Waals surface area contributed by atoms with Gasteiger partial charge in [-0.25, -0.2) is 20.0 Å². The molecule has 4 N–H and O–H groups in total. The van der Waals surface area contributed by atoms with E-state index in [1.807, 2.05) is 13.8 Å². The summed E-state index contributed by atoms with van der Waals surface area (Å²) in [5.74, 6) is 1.38. The molecule has 0 amide bonds. The van der Waals surface area contributed by atoms with Crippen LogP contribution in [0.5, 0.6) is 0 Å². The lowest BCUT2D eigenvalue weighted by Crippen LogP contribution is -2.35. The predicted octanol–water partition coefficient (Wildman–Crippen LogP) is 0.374. The van der Waals surface area contributed by atoms with E-state index >= 15 is 0 Å². The van der Waals surface area contributed by atoms with Crippen molar-refractivity contribution in [1.82, 2.24) is 24.5 Å². The minimum Gasteiger partial charge on any atom is -0.394 e. The molecule has 2 unspecified atom stereocenters. The Hall–Kier alpha value is -1.85. The van der Waals surface area contributed by atoms with Gasteiger partial charge in [0.15, 0.2) is 23.2 Å². The summed E-state index contributed by atoms with van der Waals surface area (Å²) in [6.45, 7) is 5.53. The molecule has 2 fully saturated rings. The summed E-state index contributed by atoms with van der Waals surface area (Å²) in [5, 5.41) is 32.0. The van der Waals surface area contributed by atoms with Gasteiger partial charge in [0.2, 0.25) is 0 Å². The van der Waals surface area contributed by atoms with Crippen molar-refractivity contribution in [3.8, 4) is 0 Å². The highest BCUT2D eigenvalue weighted by Crippen LogP contribution is 2.33. The second-order valence-electron chi connectivity index (χ2n) is 7.80. The first-order chi connectivity index (χ1) is 13.5. The van der Waals surface area contributed by atoms with Crippen molar-refractivity contribution in [2.75, 3.05) is 25.1 Å². The van der Waals surface area contributed by atoms with Gasteiger partial charge >= 0.3 is 0 Å². The van der Waals surface area contributed by atoms with Crippen LogP contribution in [-0.4, -0.2) is 77.9 Å². The molecule has 4 heterocycles. The van der Waals surface area contributed by atoms with Crippen LogP contribution in [0.25, 0.3) is 11.2 Å². The molecule has 0 aromatic carbocycles. The normalized spacial score (nSPS) is 29.1. The minimum absolute atomic E-state index is 0.0971. The second-order valence-corrected chi connectivity index (χ2v) is 7.80. The average Bonchev–Trinajstić information content (AvgIpc) is 3.24. The third-order valence-electron chi connectivity index (χ3n) is 5.37. The molecular formula is C18H28N6O4. The van der Waals surface area contributed by atoms with Crippen molar-refractivity contribution in [1.29, 1.82) is 0 Å². The van der Waals surface area contributed by atoms with Gasteiger partial charge in [0, 0.05) is 19.0 Å². The van der Waals surface area contributed by atoms with Crippen LogP contribution in [0.15, 0.2) is 6.33 Å². The van der Waals surface area contributed by atoms with E-state index in [0.717, 1.165) is 25.9 Å². The van der Waals surface area contributed by atoms with Crippen LogP contribution < -0.4 is 5.43 Å². The van der Waals surface area contributed by atoms with Crippen LogP contribution in [0.2, 0.25) is 0 Å². The summed E-state index contributed by atoms with van der Waals surface area (Å²) >= 11 is 0. The fraction of sp³-hybridized carbons (Fsp3) is 0.722. The number of ether oxygens (including phenoxy) is 1. The largest absolute Gasteiger partial charge is 0.394 e. The van der Waals surface area contributed by atoms with E-state index in [1.54, 1.807) is 4.57 Å². The van der Waals surface area contributed by atoms with E-state index in [9.17, 15) is 15.3 Å². The molecule has 0 spiro atoms. The zero-order valence-electron chi connectivity index (χ0n) is 16.2. The van der Waals surface area contributed by atoms with Gasteiger partial charge in [0.05, 0.1) is 12.9 Å². The molecule has 2 aromatic heterocycles. The molecule has 2 aliphatic rings. The van der Waals surface area contributed by atoms with E-state index in [0.29, 0.717) is 22.8 Å². The Morgan fingerprint density at radius 3 is 2.57 bits per heavy atom. The predicted molar refractivity (Wildman–Crippen MR) is 101 cm³/mol. The number of aliphatic hydroxyl groups is 3. The molecule has 0 aliphatic carbocycles. The van der Waals surface area contributed by atoms with Crippen molar-refractivity contribution in [2.45, 2.75) is 63.6 Å². The van der Waals surface area contributed by atoms with Crippen LogP contribution in [0.3, 0.4) is 0 Å². The van der Waals surface area contributed by atoms with Gasteiger partial charge in [-0.05, 0) is 12.8 Å². The fourth-order valence-electron chi connectivity index (χ4n) is 3.72. The smallest absolute Gasteiger partial charge is 0.172 e. The molecule has 2 aromatic rings. The quantitative estimate of drug-likeness (QED) is 0.570. The van der Waals surface area contributed by atoms with Gasteiger partial charge in [-0.1, -0.05) is 20.3 Å². The maximum atomic E-state index is 10.4. The topological polar surface area (TPSA) is 129 Å². The number of nitrogens with zero attached hydrogens (tertiary/aromatic N) is 5. The lowest BCUT2D eigenvalue weighted by Gasteiger charge is -2.27. The number of hydrazine groups is 1. The monoisotopic (exact) mass is 392 g/mol. The number of hydrogen-bond donors (Lipinski definition) is 4. The van der Waals surface area contributed by atoms with Crippen molar-refractivity contribution in [2.24, 2.45) is 0 Å². The van der Waals surface area contributed by atoms with E-state index in [-0.39, 0.29) is 12.5 Å². The lowest BCUT2D eigenvalue weighted by atomic mass is 10.1. The zero-order chi connectivity index (χ0) is 19.8. The molecule has 0 bridgehead atoms. The van der Waals surface area contributed by atoms with Gasteiger partial charge in [-0.3, -0.25) is 4.57 Å². The van der Waals surface area contributed by atoms with Crippen molar-refractivity contribution in [3.63, 3.8) is 0 Å². The van der Waals surface area contributed by atoms with Crippen molar-refractivity contribution < 1.29 is 20.1 Å². The van der Waals surface area contributed by atoms with Crippen LogP contribution >= 0.6 is 0 Å².